The van der Waals surface area contributed by atoms with Crippen molar-refractivity contribution in [3.8, 4) is 0 Å². The third-order valence-electron chi connectivity index (χ3n) is 3.95. The van der Waals surface area contributed by atoms with Crippen molar-refractivity contribution in [2.24, 2.45) is 16.1 Å². The number of nitrogens with two attached hydrogens (primary N) is 1. The van der Waals surface area contributed by atoms with Gasteiger partial charge >= 0.3 is 0 Å². The Balaban J connectivity index is 2.03. The minimum atomic E-state index is 0.0287. The Morgan fingerprint density at radius 1 is 1.24 bits per heavy atom. The van der Waals surface area contributed by atoms with Crippen LogP contribution in [0.3, 0.4) is 0 Å². The van der Waals surface area contributed by atoms with Gasteiger partial charge in [0.25, 0.3) is 0 Å². The Kier molecular flexibility index (Phi) is 5.62. The molecular weight excluding hydrogens is 260 g/mol. The molecule has 1 aromatic carbocycles. The smallest absolute Gasteiger partial charge is 0.196 e. The van der Waals surface area contributed by atoms with Crippen molar-refractivity contribution in [1.82, 2.24) is 5.32 Å². The number of anilines is 1. The fraction of sp³-hybridized carbons (Fsp3) is 0.588. The Bertz CT molecular complexity index is 447. The van der Waals surface area contributed by atoms with Crippen molar-refractivity contribution < 1.29 is 0 Å². The maximum absolute atomic E-state index is 5.80. The van der Waals surface area contributed by atoms with E-state index in [1.54, 1.807) is 0 Å². The van der Waals surface area contributed by atoms with Gasteiger partial charge in [0.2, 0.25) is 0 Å². The van der Waals surface area contributed by atoms with E-state index in [0.29, 0.717) is 12.6 Å². The average molecular weight is 288 g/mol. The fourth-order valence-electron chi connectivity index (χ4n) is 2.40. The van der Waals surface area contributed by atoms with Crippen LogP contribution < -0.4 is 16.4 Å². The van der Waals surface area contributed by atoms with Gasteiger partial charge in [0.15, 0.2) is 5.96 Å². The second kappa shape index (κ2) is 7.46. The van der Waals surface area contributed by atoms with Gasteiger partial charge in [0.05, 0.1) is 0 Å². The zero-order chi connectivity index (χ0) is 15.1. The Hall–Kier alpha value is -1.55. The van der Waals surface area contributed by atoms with E-state index in [4.69, 9.17) is 10.7 Å². The Morgan fingerprint density at radius 3 is 2.52 bits per heavy atom. The van der Waals surface area contributed by atoms with E-state index < -0.39 is 0 Å². The van der Waals surface area contributed by atoms with Crippen LogP contribution in [0.1, 0.15) is 39.5 Å². The van der Waals surface area contributed by atoms with E-state index in [0.717, 1.165) is 18.2 Å². The van der Waals surface area contributed by atoms with E-state index >= 15 is 0 Å². The monoisotopic (exact) mass is 288 g/mol. The summed E-state index contributed by atoms with van der Waals surface area (Å²) in [6.07, 6.45) is 5.08. The van der Waals surface area contributed by atoms with Gasteiger partial charge in [-0.1, -0.05) is 44.9 Å². The van der Waals surface area contributed by atoms with Gasteiger partial charge in [-0.2, -0.15) is 0 Å². The first-order valence-electron chi connectivity index (χ1n) is 7.92. The first-order chi connectivity index (χ1) is 10.1. The maximum Gasteiger partial charge on any atom is 0.196 e. The second-order valence-corrected chi connectivity index (χ2v) is 6.65. The van der Waals surface area contributed by atoms with Crippen molar-refractivity contribution in [1.29, 1.82) is 0 Å². The van der Waals surface area contributed by atoms with E-state index in [9.17, 15) is 0 Å². The van der Waals surface area contributed by atoms with Crippen LogP contribution in [0, 0.1) is 5.41 Å². The van der Waals surface area contributed by atoms with Gasteiger partial charge in [0.1, 0.15) is 0 Å². The lowest BCUT2D eigenvalue weighted by Gasteiger charge is -2.22. The van der Waals surface area contributed by atoms with E-state index in [2.05, 4.69) is 36.6 Å². The van der Waals surface area contributed by atoms with Crippen molar-refractivity contribution in [2.45, 2.75) is 45.6 Å². The van der Waals surface area contributed by atoms with Crippen molar-refractivity contribution in [3.63, 3.8) is 0 Å². The van der Waals surface area contributed by atoms with Gasteiger partial charge < -0.3 is 16.4 Å². The molecule has 21 heavy (non-hydrogen) atoms. The van der Waals surface area contributed by atoms with Gasteiger partial charge in [-0.25, -0.2) is 0 Å². The summed E-state index contributed by atoms with van der Waals surface area (Å²) in [5, 5.41) is 6.96. The molecular formula is C17H28N4. The lowest BCUT2D eigenvalue weighted by molar-refractivity contribution is 0.393. The van der Waals surface area contributed by atoms with Crippen LogP contribution in [0.4, 0.5) is 5.69 Å². The highest BCUT2D eigenvalue weighted by Gasteiger charge is 2.18. The van der Waals surface area contributed by atoms with Gasteiger partial charge in [-0.3, -0.25) is 4.99 Å². The number of nitrogens with one attached hydrogen (secondary N) is 2. The SMILES string of the molecule is CC(C)(CN)CN=C(Nc1ccccc1)NC1CCCC1. The molecule has 0 spiro atoms. The summed E-state index contributed by atoms with van der Waals surface area (Å²) in [5.41, 5.74) is 6.89. The zero-order valence-corrected chi connectivity index (χ0v) is 13.2. The molecule has 1 saturated carbocycles. The third-order valence-corrected chi connectivity index (χ3v) is 3.95. The molecule has 2 rings (SSSR count). The quantitative estimate of drug-likeness (QED) is 0.576. The molecule has 1 aliphatic rings. The molecule has 0 aliphatic heterocycles. The molecule has 1 aromatic rings. The lowest BCUT2D eigenvalue weighted by atomic mass is 9.94. The second-order valence-electron chi connectivity index (χ2n) is 6.65. The number of benzene rings is 1. The standard InChI is InChI=1S/C17H28N4/c1-17(2,12-18)13-19-16(21-15-10-6-7-11-15)20-14-8-4-3-5-9-14/h3-5,8-9,15H,6-7,10-13,18H2,1-2H3,(H2,19,20,21). The summed E-state index contributed by atoms with van der Waals surface area (Å²) in [5.74, 6) is 0.870. The largest absolute Gasteiger partial charge is 0.353 e. The summed E-state index contributed by atoms with van der Waals surface area (Å²) >= 11 is 0. The summed E-state index contributed by atoms with van der Waals surface area (Å²) in [6.45, 7) is 5.65. The summed E-state index contributed by atoms with van der Waals surface area (Å²) in [4.78, 5) is 4.74. The minimum Gasteiger partial charge on any atom is -0.353 e. The highest BCUT2D eigenvalue weighted by molar-refractivity contribution is 5.93. The van der Waals surface area contributed by atoms with Crippen LogP contribution in [0.5, 0.6) is 0 Å². The molecule has 4 N–H and O–H groups in total. The molecule has 0 amide bonds. The Labute approximate surface area is 128 Å². The number of hydrogen-bond donors (Lipinski definition) is 3. The molecule has 4 heteroatoms. The number of rotatable bonds is 5. The number of nitrogens with zero attached hydrogens (tertiary/aromatic N) is 1. The molecule has 0 atom stereocenters. The van der Waals surface area contributed by atoms with Gasteiger partial charge in [-0.05, 0) is 36.9 Å². The fourth-order valence-corrected chi connectivity index (χ4v) is 2.40. The van der Waals surface area contributed by atoms with Gasteiger partial charge in [0, 0.05) is 18.3 Å². The summed E-state index contributed by atoms with van der Waals surface area (Å²) < 4.78 is 0. The zero-order valence-electron chi connectivity index (χ0n) is 13.2. The number of aliphatic imine (C=N–C) groups is 1. The molecule has 0 aromatic heterocycles. The van der Waals surface area contributed by atoms with Crippen LogP contribution in [-0.4, -0.2) is 25.1 Å². The highest BCUT2D eigenvalue weighted by Crippen LogP contribution is 2.18. The van der Waals surface area contributed by atoms with Gasteiger partial charge in [-0.15, -0.1) is 0 Å². The minimum absolute atomic E-state index is 0.0287. The van der Waals surface area contributed by atoms with Crippen molar-refractivity contribution in [3.05, 3.63) is 30.3 Å². The molecule has 4 nitrogen and oxygen atoms in total. The highest BCUT2D eigenvalue weighted by atomic mass is 15.2. The molecule has 1 fully saturated rings. The maximum atomic E-state index is 5.80. The van der Waals surface area contributed by atoms with Crippen molar-refractivity contribution >= 4 is 11.6 Å². The molecule has 0 unspecified atom stereocenters. The van der Waals surface area contributed by atoms with Crippen LogP contribution in [0.2, 0.25) is 0 Å². The molecule has 116 valence electrons. The number of hydrogen-bond acceptors (Lipinski definition) is 2. The first kappa shape index (κ1) is 15.8. The molecule has 0 saturated heterocycles. The molecule has 1 aliphatic carbocycles. The van der Waals surface area contributed by atoms with Crippen molar-refractivity contribution in [2.75, 3.05) is 18.4 Å². The number of guanidine groups is 1. The lowest BCUT2D eigenvalue weighted by Crippen LogP contribution is -2.39. The predicted octanol–water partition coefficient (Wildman–Crippen LogP) is 2.97. The van der Waals surface area contributed by atoms with Crippen LogP contribution in [-0.2, 0) is 0 Å². The topological polar surface area (TPSA) is 62.4 Å². The van der Waals surface area contributed by atoms with E-state index in [1.807, 2.05) is 18.2 Å². The Morgan fingerprint density at radius 2 is 1.90 bits per heavy atom. The van der Waals surface area contributed by atoms with Crippen LogP contribution in [0.25, 0.3) is 0 Å². The number of para-hydroxylation sites is 1. The summed E-state index contributed by atoms with van der Waals surface area (Å²) in [6, 6.07) is 10.7. The van der Waals surface area contributed by atoms with E-state index in [1.165, 1.54) is 25.7 Å². The van der Waals surface area contributed by atoms with E-state index in [-0.39, 0.29) is 5.41 Å². The predicted molar refractivity (Wildman–Crippen MR) is 90.6 cm³/mol. The molecule has 0 bridgehead atoms. The summed E-state index contributed by atoms with van der Waals surface area (Å²) in [7, 11) is 0. The van der Waals surface area contributed by atoms with Crippen LogP contribution >= 0.6 is 0 Å². The van der Waals surface area contributed by atoms with Crippen LogP contribution in [0.15, 0.2) is 35.3 Å². The molecule has 0 heterocycles. The normalized spacial score (nSPS) is 17.0. The molecule has 0 radical (unpaired) electrons. The third kappa shape index (κ3) is 5.38. The average Bonchev–Trinajstić information content (AvgIpc) is 2.99. The first-order valence-corrected chi connectivity index (χ1v) is 7.92.